The van der Waals surface area contributed by atoms with Gasteiger partial charge in [0.2, 0.25) is 0 Å². The summed E-state index contributed by atoms with van der Waals surface area (Å²) >= 11 is 0. The normalized spacial score (nSPS) is 10.6. The fraction of sp³-hybridized carbons (Fsp3) is 0.900. The minimum Gasteiger partial charge on any atom is -0.469 e. The fourth-order valence-corrected chi connectivity index (χ4v) is 1.01. The number of methoxy groups -OCH3 is 1. The van der Waals surface area contributed by atoms with Crippen molar-refractivity contribution >= 4 is 5.97 Å². The Labute approximate surface area is 86.0 Å². The van der Waals surface area contributed by atoms with Gasteiger partial charge in [-0.1, -0.05) is 0 Å². The third-order valence-corrected chi connectivity index (χ3v) is 1.78. The summed E-state index contributed by atoms with van der Waals surface area (Å²) in [6.45, 7) is 6.66. The number of quaternary nitrogens is 1. The molecule has 14 heavy (non-hydrogen) atoms. The van der Waals surface area contributed by atoms with Crippen LogP contribution in [0.25, 0.3) is 0 Å². The van der Waals surface area contributed by atoms with Crippen molar-refractivity contribution in [3.05, 3.63) is 0 Å². The number of nitrogens with two attached hydrogens (primary N) is 1. The average Bonchev–Trinajstić information content (AvgIpc) is 2.15. The van der Waals surface area contributed by atoms with Gasteiger partial charge in [-0.3, -0.25) is 4.79 Å². The molecule has 0 aromatic heterocycles. The molecule has 0 aliphatic rings. The van der Waals surface area contributed by atoms with E-state index in [4.69, 9.17) is 4.74 Å². The van der Waals surface area contributed by atoms with Crippen molar-refractivity contribution in [2.24, 2.45) is 0 Å². The van der Waals surface area contributed by atoms with Crippen LogP contribution >= 0.6 is 0 Å². The van der Waals surface area contributed by atoms with Gasteiger partial charge in [-0.2, -0.15) is 0 Å². The minimum atomic E-state index is -0.139. The molecule has 2 N–H and O–H groups in total. The topological polar surface area (TPSA) is 52.1 Å². The number of rotatable bonds is 8. The molecule has 0 saturated heterocycles. The quantitative estimate of drug-likeness (QED) is 0.445. The lowest BCUT2D eigenvalue weighted by Crippen LogP contribution is -2.84. The van der Waals surface area contributed by atoms with E-state index in [1.54, 1.807) is 0 Å². The zero-order chi connectivity index (χ0) is 10.8. The van der Waals surface area contributed by atoms with Crippen LogP contribution in [0.15, 0.2) is 0 Å². The van der Waals surface area contributed by atoms with E-state index in [-0.39, 0.29) is 5.97 Å². The molecule has 0 atom stereocenters. The molecule has 0 rings (SSSR count). The van der Waals surface area contributed by atoms with E-state index in [2.05, 4.69) is 10.1 Å². The van der Waals surface area contributed by atoms with Crippen LogP contribution < -0.4 is 5.32 Å². The van der Waals surface area contributed by atoms with E-state index >= 15 is 0 Å². The SMILES string of the molecule is COC(=O)CC[NH2+]CCCOC(C)C. The molecule has 0 radical (unpaired) electrons. The summed E-state index contributed by atoms with van der Waals surface area (Å²) in [5, 5.41) is 2.11. The van der Waals surface area contributed by atoms with Crippen molar-refractivity contribution in [3.8, 4) is 0 Å². The number of hydrogen-bond acceptors (Lipinski definition) is 3. The molecule has 0 amide bonds. The van der Waals surface area contributed by atoms with Crippen molar-refractivity contribution in [2.45, 2.75) is 32.8 Å². The van der Waals surface area contributed by atoms with E-state index in [1.807, 2.05) is 13.8 Å². The van der Waals surface area contributed by atoms with Crippen LogP contribution in [0.2, 0.25) is 0 Å². The smallest absolute Gasteiger partial charge is 0.311 e. The number of hydrogen-bond donors (Lipinski definition) is 1. The van der Waals surface area contributed by atoms with Crippen LogP contribution in [0.1, 0.15) is 26.7 Å². The van der Waals surface area contributed by atoms with Gasteiger partial charge in [-0.05, 0) is 13.8 Å². The molecule has 0 aromatic rings. The molecule has 0 saturated carbocycles. The number of carbonyl (C=O) groups excluding carboxylic acids is 1. The Kier molecular flexibility index (Phi) is 8.57. The highest BCUT2D eigenvalue weighted by molar-refractivity contribution is 5.69. The summed E-state index contributed by atoms with van der Waals surface area (Å²) in [7, 11) is 1.42. The molecule has 0 aliphatic heterocycles. The Hall–Kier alpha value is -0.610. The predicted molar refractivity (Wildman–Crippen MR) is 54.0 cm³/mol. The van der Waals surface area contributed by atoms with Crippen molar-refractivity contribution < 1.29 is 19.6 Å². The maximum absolute atomic E-state index is 10.7. The summed E-state index contributed by atoms with van der Waals surface area (Å²) in [6, 6.07) is 0. The third-order valence-electron chi connectivity index (χ3n) is 1.78. The van der Waals surface area contributed by atoms with Gasteiger partial charge >= 0.3 is 5.97 Å². The van der Waals surface area contributed by atoms with Gasteiger partial charge in [0.05, 0.1) is 39.3 Å². The molecule has 0 aliphatic carbocycles. The van der Waals surface area contributed by atoms with E-state index in [9.17, 15) is 4.79 Å². The van der Waals surface area contributed by atoms with Crippen molar-refractivity contribution in [2.75, 3.05) is 26.8 Å². The highest BCUT2D eigenvalue weighted by Crippen LogP contribution is 1.87. The summed E-state index contributed by atoms with van der Waals surface area (Å²) in [5.74, 6) is -0.139. The Morgan fingerprint density at radius 2 is 2.07 bits per heavy atom. The lowest BCUT2D eigenvalue weighted by molar-refractivity contribution is -0.654. The van der Waals surface area contributed by atoms with Crippen LogP contribution in [-0.4, -0.2) is 38.9 Å². The van der Waals surface area contributed by atoms with Gasteiger partial charge in [0.25, 0.3) is 0 Å². The van der Waals surface area contributed by atoms with E-state index in [0.717, 1.165) is 26.1 Å². The van der Waals surface area contributed by atoms with E-state index < -0.39 is 0 Å². The van der Waals surface area contributed by atoms with Crippen LogP contribution in [0.3, 0.4) is 0 Å². The Bertz CT molecular complexity index is 148. The van der Waals surface area contributed by atoms with Gasteiger partial charge in [-0.15, -0.1) is 0 Å². The van der Waals surface area contributed by atoms with Crippen LogP contribution in [-0.2, 0) is 14.3 Å². The zero-order valence-electron chi connectivity index (χ0n) is 9.41. The molecular formula is C10H22NO3+. The van der Waals surface area contributed by atoms with E-state index in [0.29, 0.717) is 12.5 Å². The second kappa shape index (κ2) is 8.97. The lowest BCUT2D eigenvalue weighted by atomic mass is 10.4. The summed E-state index contributed by atoms with van der Waals surface area (Å²) in [5.41, 5.74) is 0. The monoisotopic (exact) mass is 204 g/mol. The molecule has 4 heteroatoms. The predicted octanol–water partition coefficient (Wildman–Crippen LogP) is -0.0720. The van der Waals surface area contributed by atoms with Gasteiger partial charge in [-0.25, -0.2) is 0 Å². The second-order valence-corrected chi connectivity index (χ2v) is 3.47. The molecule has 0 fully saturated rings. The summed E-state index contributed by atoms with van der Waals surface area (Å²) in [4.78, 5) is 10.7. The molecule has 0 heterocycles. The van der Waals surface area contributed by atoms with E-state index in [1.165, 1.54) is 7.11 Å². The molecule has 84 valence electrons. The van der Waals surface area contributed by atoms with Crippen molar-refractivity contribution in [1.29, 1.82) is 0 Å². The first-order chi connectivity index (χ1) is 6.66. The lowest BCUT2D eigenvalue weighted by Gasteiger charge is -2.06. The first kappa shape index (κ1) is 13.4. The first-order valence-electron chi connectivity index (χ1n) is 5.17. The Morgan fingerprint density at radius 1 is 1.36 bits per heavy atom. The first-order valence-corrected chi connectivity index (χ1v) is 5.17. The average molecular weight is 204 g/mol. The van der Waals surface area contributed by atoms with Gasteiger partial charge in [0.1, 0.15) is 0 Å². The standard InChI is InChI=1S/C10H21NO3/c1-9(2)14-8-4-6-11-7-5-10(12)13-3/h9,11H,4-8H2,1-3H3/p+1. The molecule has 4 nitrogen and oxygen atoms in total. The molecular weight excluding hydrogens is 182 g/mol. The third kappa shape index (κ3) is 9.48. The van der Waals surface area contributed by atoms with Crippen molar-refractivity contribution in [1.82, 2.24) is 0 Å². The fourth-order valence-electron chi connectivity index (χ4n) is 1.01. The highest BCUT2D eigenvalue weighted by Gasteiger charge is 2.00. The minimum absolute atomic E-state index is 0.139. The molecule has 0 unspecified atom stereocenters. The van der Waals surface area contributed by atoms with Crippen LogP contribution in [0, 0.1) is 0 Å². The number of esters is 1. The number of carbonyl (C=O) groups is 1. The van der Waals surface area contributed by atoms with Gasteiger partial charge in [0, 0.05) is 6.42 Å². The van der Waals surface area contributed by atoms with Gasteiger partial charge in [0.15, 0.2) is 0 Å². The van der Waals surface area contributed by atoms with Crippen LogP contribution in [0.4, 0.5) is 0 Å². The summed E-state index contributed by atoms with van der Waals surface area (Å²) in [6.07, 6.45) is 1.83. The Balaban J connectivity index is 3.03. The maximum atomic E-state index is 10.7. The van der Waals surface area contributed by atoms with Crippen LogP contribution in [0.5, 0.6) is 0 Å². The molecule has 0 bridgehead atoms. The Morgan fingerprint density at radius 3 is 2.64 bits per heavy atom. The van der Waals surface area contributed by atoms with Crippen molar-refractivity contribution in [3.63, 3.8) is 0 Å². The maximum Gasteiger partial charge on any atom is 0.311 e. The summed E-state index contributed by atoms with van der Waals surface area (Å²) < 4.78 is 9.90. The zero-order valence-corrected chi connectivity index (χ0v) is 9.41. The second-order valence-electron chi connectivity index (χ2n) is 3.47. The molecule has 0 aromatic carbocycles. The highest BCUT2D eigenvalue weighted by atomic mass is 16.5. The number of ether oxygens (including phenoxy) is 2. The molecule has 0 spiro atoms. The largest absolute Gasteiger partial charge is 0.469 e. The van der Waals surface area contributed by atoms with Gasteiger partial charge < -0.3 is 14.8 Å².